The van der Waals surface area contributed by atoms with E-state index < -0.39 is 40.5 Å². The van der Waals surface area contributed by atoms with Crippen molar-refractivity contribution < 1.29 is 27.1 Å². The van der Waals surface area contributed by atoms with Crippen LogP contribution in [0.15, 0.2) is 36.4 Å². The van der Waals surface area contributed by atoms with E-state index in [-0.39, 0.29) is 5.11 Å². The number of hydrogen-bond acceptors (Lipinski definition) is 5. The van der Waals surface area contributed by atoms with Crippen LogP contribution in [0.3, 0.4) is 0 Å². The number of aryl methyl sites for hydroxylation is 1. The van der Waals surface area contributed by atoms with Crippen molar-refractivity contribution in [3.8, 4) is 11.4 Å². The van der Waals surface area contributed by atoms with Gasteiger partial charge in [-0.3, -0.25) is 10.1 Å². The number of benzene rings is 3. The molecular formula is C22H14ClF4N5O2S. The fraction of sp³-hybridized carbons (Fsp3) is 0.0909. The lowest BCUT2D eigenvalue weighted by atomic mass is 10.1. The molecule has 0 aliphatic carbocycles. The van der Waals surface area contributed by atoms with E-state index in [2.05, 4.69) is 20.3 Å². The highest BCUT2D eigenvalue weighted by molar-refractivity contribution is 7.80. The molecule has 13 heteroatoms. The van der Waals surface area contributed by atoms with Crippen molar-refractivity contribution in [3.63, 3.8) is 0 Å². The molecule has 180 valence electrons. The molecule has 1 aromatic heterocycles. The van der Waals surface area contributed by atoms with Crippen LogP contribution < -0.4 is 15.4 Å². The largest absolute Gasteiger partial charge is 0.491 e. The third-order valence-corrected chi connectivity index (χ3v) is 5.52. The normalized spacial score (nSPS) is 10.9. The molecule has 3 aromatic carbocycles. The van der Waals surface area contributed by atoms with Crippen LogP contribution in [0.4, 0.5) is 23.2 Å². The minimum Gasteiger partial charge on any atom is -0.491 e. The average Bonchev–Trinajstić information content (AvgIpc) is 3.23. The maximum absolute atomic E-state index is 14.2. The molecule has 0 atom stereocenters. The second kappa shape index (κ2) is 9.47. The number of carbonyl (C=O) groups is 1. The van der Waals surface area contributed by atoms with E-state index in [9.17, 15) is 22.4 Å². The van der Waals surface area contributed by atoms with Gasteiger partial charge in [0.25, 0.3) is 5.91 Å². The van der Waals surface area contributed by atoms with Gasteiger partial charge < -0.3 is 10.1 Å². The molecule has 0 radical (unpaired) electrons. The number of aromatic nitrogens is 3. The highest BCUT2D eigenvalue weighted by Gasteiger charge is 2.30. The lowest BCUT2D eigenvalue weighted by molar-refractivity contribution is 0.0966. The van der Waals surface area contributed by atoms with Crippen LogP contribution in [-0.2, 0) is 0 Å². The lowest BCUT2D eigenvalue weighted by Crippen LogP contribution is -2.35. The molecule has 0 saturated heterocycles. The second-order valence-corrected chi connectivity index (χ2v) is 8.01. The zero-order valence-corrected chi connectivity index (χ0v) is 19.5. The highest BCUT2D eigenvalue weighted by atomic mass is 35.5. The van der Waals surface area contributed by atoms with Gasteiger partial charge in [-0.15, -0.1) is 10.2 Å². The molecule has 35 heavy (non-hydrogen) atoms. The number of ether oxygens (including phenoxy) is 1. The Labute approximate surface area is 205 Å². The number of fused-ring (bicyclic) bond motifs is 1. The third kappa shape index (κ3) is 4.62. The Kier molecular flexibility index (Phi) is 6.59. The molecule has 4 aromatic rings. The number of rotatable bonds is 4. The monoisotopic (exact) mass is 523 g/mol. The molecular weight excluding hydrogens is 510 g/mol. The topological polar surface area (TPSA) is 81.1 Å². The van der Waals surface area contributed by atoms with E-state index in [0.29, 0.717) is 27.4 Å². The van der Waals surface area contributed by atoms with Gasteiger partial charge in [0.2, 0.25) is 11.6 Å². The van der Waals surface area contributed by atoms with Gasteiger partial charge in [0.15, 0.2) is 22.5 Å². The number of carbonyl (C=O) groups excluding carboxylic acids is 1. The minimum atomic E-state index is -1.92. The molecule has 4 rings (SSSR count). The number of nitrogens with zero attached hydrogens (tertiary/aromatic N) is 3. The van der Waals surface area contributed by atoms with Crippen LogP contribution >= 0.6 is 23.8 Å². The first kappa shape index (κ1) is 24.4. The zero-order valence-electron chi connectivity index (χ0n) is 17.9. The molecule has 1 amide bonds. The molecule has 0 unspecified atom stereocenters. The summed E-state index contributed by atoms with van der Waals surface area (Å²) in [5, 5.41) is 13.5. The number of nitrogens with one attached hydrogen (secondary N) is 2. The number of methoxy groups -OCH3 is 1. The van der Waals surface area contributed by atoms with Gasteiger partial charge in [-0.1, -0.05) is 17.7 Å². The molecule has 0 bridgehead atoms. The molecule has 7 nitrogen and oxygen atoms in total. The summed E-state index contributed by atoms with van der Waals surface area (Å²) in [6.07, 6.45) is 0. The summed E-state index contributed by atoms with van der Waals surface area (Å²) < 4.78 is 60.4. The van der Waals surface area contributed by atoms with E-state index in [1.54, 1.807) is 30.3 Å². The molecule has 0 spiro atoms. The summed E-state index contributed by atoms with van der Waals surface area (Å²) >= 11 is 11.1. The standard InChI is InChI=1S/C22H14ClF4N5O2S/c1-9-3-5-11(8-12(9)23)32-30-13-6-4-10(7-14(13)31-32)28-22(35)29-21(33)15-16(24)18(26)20(34-2)19(27)17(15)25/h3-8H,1-2H3,(H2,28,29,33,35). The minimum absolute atomic E-state index is 0.352. The number of anilines is 1. The van der Waals surface area contributed by atoms with Crippen molar-refractivity contribution in [1.82, 2.24) is 20.3 Å². The molecule has 0 aliphatic heterocycles. The predicted octanol–water partition coefficient (Wildman–Crippen LogP) is 5.07. The smallest absolute Gasteiger partial charge is 0.263 e. The SMILES string of the molecule is COc1c(F)c(F)c(C(=O)NC(=S)Nc2ccc3nn(-c4ccc(C)c(Cl)c4)nc3c2)c(F)c1F. The molecule has 0 saturated carbocycles. The van der Waals surface area contributed by atoms with Crippen LogP contribution in [0.1, 0.15) is 15.9 Å². The first-order valence-electron chi connectivity index (χ1n) is 9.76. The fourth-order valence-electron chi connectivity index (χ4n) is 3.13. The Bertz CT molecular complexity index is 1480. The third-order valence-electron chi connectivity index (χ3n) is 4.91. The Balaban J connectivity index is 1.53. The summed E-state index contributed by atoms with van der Waals surface area (Å²) in [6.45, 7) is 1.86. The van der Waals surface area contributed by atoms with Gasteiger partial charge >= 0.3 is 0 Å². The summed E-state index contributed by atoms with van der Waals surface area (Å²) in [4.78, 5) is 13.7. The number of amides is 1. The summed E-state index contributed by atoms with van der Waals surface area (Å²) in [5.74, 6) is -10.3. The van der Waals surface area contributed by atoms with Gasteiger partial charge in [-0.25, -0.2) is 8.78 Å². The van der Waals surface area contributed by atoms with Gasteiger partial charge in [-0.2, -0.15) is 13.6 Å². The fourth-order valence-corrected chi connectivity index (χ4v) is 3.52. The predicted molar refractivity (Wildman–Crippen MR) is 125 cm³/mol. The van der Waals surface area contributed by atoms with Crippen LogP contribution in [0.5, 0.6) is 5.75 Å². The van der Waals surface area contributed by atoms with Crippen molar-refractivity contribution in [2.75, 3.05) is 12.4 Å². The summed E-state index contributed by atoms with van der Waals surface area (Å²) in [6, 6.07) is 10.1. The zero-order chi connectivity index (χ0) is 25.4. The van der Waals surface area contributed by atoms with E-state index in [0.717, 1.165) is 12.7 Å². The Morgan fingerprint density at radius 2 is 1.66 bits per heavy atom. The van der Waals surface area contributed by atoms with Gasteiger partial charge in [0.05, 0.1) is 12.8 Å². The lowest BCUT2D eigenvalue weighted by Gasteiger charge is -2.12. The Hall–Kier alpha value is -3.77. The molecule has 0 aliphatic rings. The second-order valence-electron chi connectivity index (χ2n) is 7.20. The van der Waals surface area contributed by atoms with Crippen molar-refractivity contribution >= 4 is 51.6 Å². The quantitative estimate of drug-likeness (QED) is 0.221. The summed E-state index contributed by atoms with van der Waals surface area (Å²) in [7, 11) is 0.824. The maximum atomic E-state index is 14.2. The van der Waals surface area contributed by atoms with E-state index >= 15 is 0 Å². The first-order chi connectivity index (χ1) is 16.6. The van der Waals surface area contributed by atoms with Gasteiger partial charge in [0, 0.05) is 10.7 Å². The van der Waals surface area contributed by atoms with Crippen LogP contribution in [0.25, 0.3) is 16.7 Å². The maximum Gasteiger partial charge on any atom is 0.263 e. The molecule has 0 fully saturated rings. The van der Waals surface area contributed by atoms with Crippen molar-refractivity contribution in [2.45, 2.75) is 6.92 Å². The van der Waals surface area contributed by atoms with Crippen LogP contribution in [-0.4, -0.2) is 33.1 Å². The van der Waals surface area contributed by atoms with Crippen LogP contribution in [0, 0.1) is 30.2 Å². The van der Waals surface area contributed by atoms with Crippen LogP contribution in [0.2, 0.25) is 5.02 Å². The summed E-state index contributed by atoms with van der Waals surface area (Å²) in [5.41, 5.74) is 1.39. The molecule has 1 heterocycles. The van der Waals surface area contributed by atoms with Crippen molar-refractivity contribution in [2.24, 2.45) is 0 Å². The average molecular weight is 524 g/mol. The van der Waals surface area contributed by atoms with Gasteiger partial charge in [0.1, 0.15) is 16.6 Å². The number of thiocarbonyl (C=S) groups is 1. The van der Waals surface area contributed by atoms with E-state index in [1.807, 2.05) is 18.3 Å². The molecule has 2 N–H and O–H groups in total. The highest BCUT2D eigenvalue weighted by Crippen LogP contribution is 2.29. The van der Waals surface area contributed by atoms with Crippen molar-refractivity contribution in [3.05, 3.63) is 75.8 Å². The van der Waals surface area contributed by atoms with Crippen molar-refractivity contribution in [1.29, 1.82) is 0 Å². The van der Waals surface area contributed by atoms with E-state index in [4.69, 9.17) is 23.8 Å². The number of hydrogen-bond donors (Lipinski definition) is 2. The van der Waals surface area contributed by atoms with E-state index in [1.165, 1.54) is 4.80 Å². The number of halogens is 5. The Morgan fingerprint density at radius 1 is 1.00 bits per heavy atom. The Morgan fingerprint density at radius 3 is 2.29 bits per heavy atom. The first-order valence-corrected chi connectivity index (χ1v) is 10.5. The van der Waals surface area contributed by atoms with Gasteiger partial charge in [-0.05, 0) is 55.0 Å².